The molecular formula is C19H27N3O. The molecule has 1 spiro atoms. The second-order valence-corrected chi connectivity index (χ2v) is 7.53. The Hall–Kier alpha value is -1.55. The smallest absolute Gasteiger partial charge is 0.255 e. The van der Waals surface area contributed by atoms with Crippen molar-refractivity contribution in [3.05, 3.63) is 29.8 Å². The van der Waals surface area contributed by atoms with E-state index >= 15 is 0 Å². The molecule has 2 fully saturated rings. The summed E-state index contributed by atoms with van der Waals surface area (Å²) in [6.07, 6.45) is 5.99. The number of rotatable bonds is 3. The van der Waals surface area contributed by atoms with E-state index in [0.717, 1.165) is 43.1 Å². The minimum Gasteiger partial charge on any atom is -0.347 e. The van der Waals surface area contributed by atoms with Gasteiger partial charge in [0.2, 0.25) is 0 Å². The van der Waals surface area contributed by atoms with E-state index in [2.05, 4.69) is 34.2 Å². The van der Waals surface area contributed by atoms with Crippen LogP contribution in [0.1, 0.15) is 49.4 Å². The molecule has 1 amide bonds. The van der Waals surface area contributed by atoms with Crippen molar-refractivity contribution >= 4 is 11.6 Å². The highest BCUT2D eigenvalue weighted by Crippen LogP contribution is 2.42. The molecule has 4 nitrogen and oxygen atoms in total. The van der Waals surface area contributed by atoms with Crippen LogP contribution in [0.5, 0.6) is 0 Å². The third-order valence-corrected chi connectivity index (χ3v) is 6.00. The van der Waals surface area contributed by atoms with Gasteiger partial charge in [-0.05, 0) is 63.2 Å². The number of carbonyl (C=O) groups excluding carboxylic acids is 1. The number of nitrogens with one attached hydrogen (secondary N) is 1. The first-order valence-corrected chi connectivity index (χ1v) is 9.09. The zero-order chi connectivity index (χ0) is 15.9. The summed E-state index contributed by atoms with van der Waals surface area (Å²) in [6, 6.07) is 8.08. The van der Waals surface area contributed by atoms with E-state index in [1.165, 1.54) is 32.4 Å². The number of carbonyl (C=O) groups is 1. The summed E-state index contributed by atoms with van der Waals surface area (Å²) in [6.45, 7) is 6.90. The maximum Gasteiger partial charge on any atom is 0.255 e. The number of likely N-dealkylation sites (tertiary alicyclic amines) is 1. The molecule has 4 rings (SSSR count). The Balaban J connectivity index is 1.53. The number of piperidine rings is 1. The Labute approximate surface area is 138 Å². The average molecular weight is 313 g/mol. The second-order valence-electron chi connectivity index (χ2n) is 7.53. The normalized spacial score (nSPS) is 24.2. The van der Waals surface area contributed by atoms with Crippen molar-refractivity contribution in [2.24, 2.45) is 5.92 Å². The molecule has 1 aromatic carbocycles. The molecular weight excluding hydrogens is 286 g/mol. The summed E-state index contributed by atoms with van der Waals surface area (Å²) >= 11 is 0. The predicted octanol–water partition coefficient (Wildman–Crippen LogP) is 2.85. The standard InChI is InChI=1S/C19H27N3O/c1-15-7-11-21(12-8-15)13-14-22-17-6-3-2-5-16(17)18(23)20-19(22)9-4-10-19/h2-3,5-6,15H,4,7-14H2,1H3,(H,20,23). The molecule has 3 aliphatic rings. The van der Waals surface area contributed by atoms with Gasteiger partial charge in [-0.3, -0.25) is 4.79 Å². The lowest BCUT2D eigenvalue weighted by molar-refractivity contribution is 0.0784. The molecule has 0 aromatic heterocycles. The van der Waals surface area contributed by atoms with Crippen molar-refractivity contribution in [2.75, 3.05) is 31.1 Å². The highest BCUT2D eigenvalue weighted by atomic mass is 16.2. The van der Waals surface area contributed by atoms with Gasteiger partial charge in [0.1, 0.15) is 5.66 Å². The molecule has 0 atom stereocenters. The first-order chi connectivity index (χ1) is 11.2. The van der Waals surface area contributed by atoms with Crippen molar-refractivity contribution in [3.63, 3.8) is 0 Å². The van der Waals surface area contributed by atoms with Gasteiger partial charge in [-0.15, -0.1) is 0 Å². The molecule has 0 unspecified atom stereocenters. The summed E-state index contributed by atoms with van der Waals surface area (Å²) in [5.41, 5.74) is 1.84. The quantitative estimate of drug-likeness (QED) is 0.932. The van der Waals surface area contributed by atoms with Crippen LogP contribution < -0.4 is 10.2 Å². The Bertz CT molecular complexity index is 588. The number of nitrogens with zero attached hydrogens (tertiary/aromatic N) is 2. The van der Waals surface area contributed by atoms with Crippen LogP contribution >= 0.6 is 0 Å². The number of hydrogen-bond donors (Lipinski definition) is 1. The SMILES string of the molecule is CC1CCN(CCN2c3ccccc3C(=O)NC23CCC3)CC1. The van der Waals surface area contributed by atoms with Gasteiger partial charge in [-0.25, -0.2) is 0 Å². The van der Waals surface area contributed by atoms with E-state index < -0.39 is 0 Å². The second kappa shape index (κ2) is 5.82. The molecule has 2 aliphatic heterocycles. The molecule has 2 heterocycles. The number of fused-ring (bicyclic) bond motifs is 1. The molecule has 4 heteroatoms. The molecule has 0 radical (unpaired) electrons. The molecule has 1 saturated heterocycles. The van der Waals surface area contributed by atoms with Gasteiger partial charge in [-0.2, -0.15) is 0 Å². The molecule has 124 valence electrons. The summed E-state index contributed by atoms with van der Waals surface area (Å²) in [4.78, 5) is 17.5. The fourth-order valence-corrected chi connectivity index (χ4v) is 4.25. The summed E-state index contributed by atoms with van der Waals surface area (Å²) < 4.78 is 0. The van der Waals surface area contributed by atoms with E-state index in [9.17, 15) is 4.79 Å². The summed E-state index contributed by atoms with van der Waals surface area (Å²) in [5.74, 6) is 0.975. The van der Waals surface area contributed by atoms with Gasteiger partial charge in [0.15, 0.2) is 0 Å². The lowest BCUT2D eigenvalue weighted by atomic mass is 9.80. The fourth-order valence-electron chi connectivity index (χ4n) is 4.25. The van der Waals surface area contributed by atoms with Crippen LogP contribution in [0.25, 0.3) is 0 Å². The van der Waals surface area contributed by atoms with E-state index in [0.29, 0.717) is 0 Å². The summed E-state index contributed by atoms with van der Waals surface area (Å²) in [5, 5.41) is 3.30. The predicted molar refractivity (Wildman–Crippen MR) is 92.7 cm³/mol. The van der Waals surface area contributed by atoms with Gasteiger partial charge < -0.3 is 15.1 Å². The monoisotopic (exact) mass is 313 g/mol. The van der Waals surface area contributed by atoms with Gasteiger partial charge in [-0.1, -0.05) is 19.1 Å². The van der Waals surface area contributed by atoms with Crippen molar-refractivity contribution in [2.45, 2.75) is 44.7 Å². The van der Waals surface area contributed by atoms with E-state index in [-0.39, 0.29) is 11.6 Å². The number of hydrogen-bond acceptors (Lipinski definition) is 3. The lowest BCUT2D eigenvalue weighted by Gasteiger charge is -2.55. The highest BCUT2D eigenvalue weighted by molar-refractivity contribution is 6.02. The van der Waals surface area contributed by atoms with Crippen LogP contribution in [-0.4, -0.2) is 42.6 Å². The van der Waals surface area contributed by atoms with Crippen molar-refractivity contribution in [3.8, 4) is 0 Å². The Morgan fingerprint density at radius 3 is 2.61 bits per heavy atom. The molecule has 23 heavy (non-hydrogen) atoms. The van der Waals surface area contributed by atoms with E-state index in [4.69, 9.17) is 0 Å². The van der Waals surface area contributed by atoms with Gasteiger partial charge in [0, 0.05) is 13.1 Å². The number of benzene rings is 1. The molecule has 1 saturated carbocycles. The Morgan fingerprint density at radius 1 is 1.17 bits per heavy atom. The molecule has 1 N–H and O–H groups in total. The zero-order valence-electron chi connectivity index (χ0n) is 14.1. The number of amides is 1. The molecule has 1 aliphatic carbocycles. The van der Waals surface area contributed by atoms with Crippen LogP contribution in [0.15, 0.2) is 24.3 Å². The topological polar surface area (TPSA) is 35.6 Å². The largest absolute Gasteiger partial charge is 0.347 e. The lowest BCUT2D eigenvalue weighted by Crippen LogP contribution is -2.68. The highest BCUT2D eigenvalue weighted by Gasteiger charge is 2.47. The van der Waals surface area contributed by atoms with E-state index in [1.54, 1.807) is 0 Å². The van der Waals surface area contributed by atoms with Gasteiger partial charge in [0.25, 0.3) is 5.91 Å². The first-order valence-electron chi connectivity index (χ1n) is 9.09. The summed E-state index contributed by atoms with van der Waals surface area (Å²) in [7, 11) is 0. The maximum atomic E-state index is 12.4. The first kappa shape index (κ1) is 15.0. The zero-order valence-corrected chi connectivity index (χ0v) is 14.1. The van der Waals surface area contributed by atoms with Crippen LogP contribution in [0.2, 0.25) is 0 Å². The third-order valence-electron chi connectivity index (χ3n) is 6.00. The number of anilines is 1. The Kier molecular flexibility index (Phi) is 3.80. The molecule has 1 aromatic rings. The van der Waals surface area contributed by atoms with Crippen molar-refractivity contribution in [1.29, 1.82) is 0 Å². The maximum absolute atomic E-state index is 12.4. The molecule has 0 bridgehead atoms. The van der Waals surface area contributed by atoms with Crippen LogP contribution in [0.4, 0.5) is 5.69 Å². The van der Waals surface area contributed by atoms with Crippen molar-refractivity contribution in [1.82, 2.24) is 10.2 Å². The van der Waals surface area contributed by atoms with Gasteiger partial charge >= 0.3 is 0 Å². The van der Waals surface area contributed by atoms with Crippen LogP contribution in [-0.2, 0) is 0 Å². The Morgan fingerprint density at radius 2 is 1.91 bits per heavy atom. The third kappa shape index (κ3) is 2.63. The average Bonchev–Trinajstić information content (AvgIpc) is 2.54. The van der Waals surface area contributed by atoms with Crippen LogP contribution in [0.3, 0.4) is 0 Å². The minimum absolute atomic E-state index is 0.100. The van der Waals surface area contributed by atoms with E-state index in [1.807, 2.05) is 12.1 Å². The van der Waals surface area contributed by atoms with Gasteiger partial charge in [0.05, 0.1) is 11.3 Å². The van der Waals surface area contributed by atoms with Crippen molar-refractivity contribution < 1.29 is 4.79 Å². The number of para-hydroxylation sites is 1. The van der Waals surface area contributed by atoms with Crippen LogP contribution in [0, 0.1) is 5.92 Å². The minimum atomic E-state index is -0.117. The fraction of sp³-hybridized carbons (Fsp3) is 0.632.